The van der Waals surface area contributed by atoms with Gasteiger partial charge in [-0.1, -0.05) is 31.9 Å². The van der Waals surface area contributed by atoms with Crippen molar-refractivity contribution in [2.45, 2.75) is 19.3 Å². The van der Waals surface area contributed by atoms with Crippen LogP contribution in [0.3, 0.4) is 0 Å². The van der Waals surface area contributed by atoms with E-state index in [0.29, 0.717) is 6.42 Å². The summed E-state index contributed by atoms with van der Waals surface area (Å²) in [5.41, 5.74) is 0. The smallest absolute Gasteiger partial charge is 0.110 e. The summed E-state index contributed by atoms with van der Waals surface area (Å²) >= 11 is 28.7. The highest BCUT2D eigenvalue weighted by molar-refractivity contribution is 9.11. The molecule has 0 aromatic rings. The van der Waals surface area contributed by atoms with Crippen molar-refractivity contribution in [3.63, 3.8) is 0 Å². The van der Waals surface area contributed by atoms with Crippen molar-refractivity contribution < 1.29 is 0 Å². The zero-order chi connectivity index (χ0) is 8.36. The van der Waals surface area contributed by atoms with Crippen LogP contribution in [-0.2, 0) is 0 Å². The molecule has 10 heavy (non-hydrogen) atoms. The fourth-order valence-electron chi connectivity index (χ4n) is 0.295. The molecular weight excluding hydrogens is 350 g/mol. The molecule has 0 radical (unpaired) electrons. The lowest BCUT2D eigenvalue weighted by molar-refractivity contribution is 0.814. The van der Waals surface area contributed by atoms with Crippen LogP contribution in [-0.4, -0.2) is 12.9 Å². The highest BCUT2D eigenvalue weighted by atomic mass is 79.9. The molecule has 0 bridgehead atoms. The van der Waals surface area contributed by atoms with Gasteiger partial charge in [-0.2, -0.15) is 0 Å². The number of alkyl halides is 6. The van der Waals surface area contributed by atoms with Crippen molar-refractivity contribution >= 4 is 78.3 Å². The first-order chi connectivity index (χ1) is 4.36. The van der Waals surface area contributed by atoms with Crippen LogP contribution in [0.25, 0.3) is 0 Å². The minimum atomic E-state index is -0.841. The number of halogens is 6. The zero-order valence-electron chi connectivity index (χ0n) is 4.63. The second-order valence-corrected chi connectivity index (χ2v) is 7.46. The Hall–Kier alpha value is 2.12. The first-order valence-electron chi connectivity index (χ1n) is 2.30. The van der Waals surface area contributed by atoms with Crippen LogP contribution < -0.4 is 0 Å². The van der Waals surface area contributed by atoms with Crippen LogP contribution in [0, 0.1) is 0 Å². The van der Waals surface area contributed by atoms with Gasteiger partial charge in [0, 0.05) is 6.42 Å². The van der Waals surface area contributed by atoms with Gasteiger partial charge in [-0.25, -0.2) is 0 Å². The van der Waals surface area contributed by atoms with Crippen molar-refractivity contribution in [3.05, 3.63) is 0 Å². The molecule has 0 heterocycles. The molecule has 2 unspecified atom stereocenters. The summed E-state index contributed by atoms with van der Waals surface area (Å²) in [4.78, 5) is -0.687. The van der Waals surface area contributed by atoms with Crippen molar-refractivity contribution in [1.82, 2.24) is 0 Å². The summed E-state index contributed by atoms with van der Waals surface area (Å²) in [6.45, 7) is 0. The molecule has 6 heteroatoms. The van der Waals surface area contributed by atoms with Crippen molar-refractivity contribution in [2.75, 3.05) is 0 Å². The van der Waals surface area contributed by atoms with Gasteiger partial charge in [-0.05, 0) is 0 Å². The maximum atomic E-state index is 5.80. The van der Waals surface area contributed by atoms with E-state index in [2.05, 4.69) is 31.9 Å². The molecule has 0 aliphatic rings. The Morgan fingerprint density at radius 1 is 1.30 bits per heavy atom. The van der Waals surface area contributed by atoms with Gasteiger partial charge in [0.2, 0.25) is 0 Å². The molecule has 0 fully saturated rings. The van der Waals surface area contributed by atoms with E-state index in [1.165, 1.54) is 0 Å². The predicted octanol–water partition coefficient (Wildman–Crippen LogP) is 4.47. The normalized spacial score (nSPS) is 20.7. The van der Waals surface area contributed by atoms with Crippen LogP contribution >= 0.6 is 78.3 Å². The van der Waals surface area contributed by atoms with E-state index >= 15 is 0 Å². The van der Waals surface area contributed by atoms with Crippen LogP contribution in [0.15, 0.2) is 0 Å². The lowest BCUT2D eigenvalue weighted by Crippen LogP contribution is -2.23. The maximum absolute atomic E-state index is 5.80. The van der Waals surface area contributed by atoms with Gasteiger partial charge in [-0.15, -0.1) is 46.4 Å². The van der Waals surface area contributed by atoms with Crippen LogP contribution in [0.2, 0.25) is 0 Å². The Kier molecular flexibility index (Phi) is 6.04. The van der Waals surface area contributed by atoms with Crippen molar-refractivity contribution in [3.8, 4) is 0 Å². The highest BCUT2D eigenvalue weighted by Gasteiger charge is 2.33. The highest BCUT2D eigenvalue weighted by Crippen LogP contribution is 2.40. The Morgan fingerprint density at radius 3 is 1.80 bits per heavy atom. The Labute approximate surface area is 96.8 Å². The van der Waals surface area contributed by atoms with E-state index < -0.39 is 8.62 Å². The minimum Gasteiger partial charge on any atom is -0.110 e. The van der Waals surface area contributed by atoms with Crippen LogP contribution in [0.1, 0.15) is 6.42 Å². The molecule has 0 aliphatic heterocycles. The second kappa shape index (κ2) is 4.98. The summed E-state index contributed by atoms with van der Waals surface area (Å²) < 4.78 is -1.07. The maximum Gasteiger partial charge on any atom is 0.136 e. The van der Waals surface area contributed by atoms with Gasteiger partial charge >= 0.3 is 0 Å². The topological polar surface area (TPSA) is 0 Å². The predicted molar refractivity (Wildman–Crippen MR) is 56.2 cm³/mol. The van der Waals surface area contributed by atoms with Gasteiger partial charge in [0.15, 0.2) is 0 Å². The quantitative estimate of drug-likeness (QED) is 0.657. The molecule has 0 rings (SSSR count). The molecule has 0 N–H and O–H groups in total. The molecule has 0 spiro atoms. The molecule has 0 amide bonds. The minimum absolute atomic E-state index is 0.232. The average molecular weight is 354 g/mol. The monoisotopic (exact) mass is 350 g/mol. The molecule has 62 valence electrons. The fourth-order valence-corrected chi connectivity index (χ4v) is 2.59. The molecule has 0 saturated carbocycles. The largest absolute Gasteiger partial charge is 0.136 e. The first-order valence-corrected chi connectivity index (χ1v) is 5.70. The zero-order valence-corrected chi connectivity index (χ0v) is 10.8. The average Bonchev–Trinajstić information content (AvgIpc) is 1.60. The second-order valence-electron chi connectivity index (χ2n) is 1.66. The van der Waals surface area contributed by atoms with Gasteiger partial charge in [0.05, 0.1) is 4.29 Å². The number of hydrogen-bond acceptors (Lipinski definition) is 0. The van der Waals surface area contributed by atoms with E-state index in [4.69, 9.17) is 46.4 Å². The van der Waals surface area contributed by atoms with E-state index in [9.17, 15) is 0 Å². The summed E-state index contributed by atoms with van der Waals surface area (Å²) in [6.07, 6.45) is 0.438. The molecule has 0 aromatic carbocycles. The number of hydrogen-bond donors (Lipinski definition) is 0. The van der Waals surface area contributed by atoms with Crippen molar-refractivity contribution in [2.24, 2.45) is 0 Å². The van der Waals surface area contributed by atoms with E-state index in [1.807, 2.05) is 0 Å². The lowest BCUT2D eigenvalue weighted by atomic mass is 10.4. The van der Waals surface area contributed by atoms with E-state index in [0.717, 1.165) is 0 Å². The third kappa shape index (κ3) is 4.89. The van der Waals surface area contributed by atoms with Crippen LogP contribution in [0.4, 0.5) is 0 Å². The number of rotatable bonds is 3. The summed E-state index contributed by atoms with van der Waals surface area (Å²) in [5.74, 6) is 0. The molecule has 2 atom stereocenters. The summed E-state index contributed by atoms with van der Waals surface area (Å²) in [5, 5.41) is 0. The molecule has 0 nitrogen and oxygen atoms in total. The molecule has 0 aliphatic carbocycles. The van der Waals surface area contributed by atoms with E-state index in [1.54, 1.807) is 0 Å². The first kappa shape index (κ1) is 12.1. The Morgan fingerprint density at radius 2 is 1.70 bits per heavy atom. The lowest BCUT2D eigenvalue weighted by Gasteiger charge is -2.21. The van der Waals surface area contributed by atoms with Gasteiger partial charge < -0.3 is 0 Å². The molecule has 0 saturated heterocycles. The summed E-state index contributed by atoms with van der Waals surface area (Å²) in [7, 11) is 0. The molecular formula is C4H4Br2Cl4. The van der Waals surface area contributed by atoms with Gasteiger partial charge in [0.25, 0.3) is 0 Å². The van der Waals surface area contributed by atoms with E-state index in [-0.39, 0.29) is 4.29 Å². The third-order valence-corrected chi connectivity index (χ3v) is 3.87. The Bertz CT molecular complexity index is 103. The Balaban J connectivity index is 3.87. The molecule has 0 aromatic heterocycles. The third-order valence-electron chi connectivity index (χ3n) is 0.746. The van der Waals surface area contributed by atoms with Gasteiger partial charge in [-0.3, -0.25) is 0 Å². The SMILES string of the molecule is ClC(Br)CC(Cl)(Br)C(Cl)Cl. The van der Waals surface area contributed by atoms with Crippen molar-refractivity contribution in [1.29, 1.82) is 0 Å². The van der Waals surface area contributed by atoms with Gasteiger partial charge in [0.1, 0.15) is 8.62 Å². The van der Waals surface area contributed by atoms with Crippen LogP contribution in [0.5, 0.6) is 0 Å². The summed E-state index contributed by atoms with van der Waals surface area (Å²) in [6, 6.07) is 0. The fraction of sp³-hybridized carbons (Fsp3) is 1.00. The standard InChI is InChI=1S/C4H4Br2Cl4/c5-2(7)1-4(6,10)3(8)9/h2-3H,1H2.